The van der Waals surface area contributed by atoms with E-state index >= 15 is 0 Å². The largest absolute Gasteiger partial charge is 0.742 e. The molecule has 0 amide bonds. The van der Waals surface area contributed by atoms with Gasteiger partial charge in [0.1, 0.15) is 0 Å². The molecule has 0 N–H and O–H groups in total. The molecule has 0 aliphatic carbocycles. The Labute approximate surface area is 140 Å². The molecule has 5 nitrogen and oxygen atoms in total. The van der Waals surface area contributed by atoms with Gasteiger partial charge in [0.15, 0.2) is 10.1 Å². The molecule has 0 spiro atoms. The van der Waals surface area contributed by atoms with Crippen molar-refractivity contribution in [3.8, 4) is 0 Å². The summed E-state index contributed by atoms with van der Waals surface area (Å²) < 4.78 is 124. The molecular formula is C11H20F8N2O3S. The molecule has 0 saturated heterocycles. The maximum absolute atomic E-state index is 12.2. The third kappa shape index (κ3) is 7.19. The van der Waals surface area contributed by atoms with Gasteiger partial charge in [-0.05, 0) is 32.6 Å². The van der Waals surface area contributed by atoms with E-state index in [2.05, 4.69) is 27.7 Å². The summed E-state index contributed by atoms with van der Waals surface area (Å²) in [7, 11) is -7.17. The lowest BCUT2D eigenvalue weighted by atomic mass is 10.3. The molecule has 0 rings (SSSR count). The fraction of sp³-hybridized carbons (Fsp3) is 1.00. The maximum Gasteiger partial charge on any atom is 0.472 e. The minimum atomic E-state index is -7.17. The molecular weight excluding hydrogens is 392 g/mol. The van der Waals surface area contributed by atoms with Crippen molar-refractivity contribution in [1.82, 2.24) is 4.90 Å². The number of nitrogens with zero attached hydrogens (tertiary/aromatic N) is 2. The SMILES string of the molecule is CC[N+](CC)(CC)CC.O=S(=O)([O-])C(F)(F)N(C(F)(F)F)C(F)(F)F. The zero-order valence-corrected chi connectivity index (χ0v) is 14.7. The summed E-state index contributed by atoms with van der Waals surface area (Å²) in [6.45, 7) is 14.2. The molecule has 0 aromatic heterocycles. The van der Waals surface area contributed by atoms with Crippen molar-refractivity contribution in [2.75, 3.05) is 26.2 Å². The predicted octanol–water partition coefficient (Wildman–Crippen LogP) is 3.31. The van der Waals surface area contributed by atoms with Gasteiger partial charge in [-0.3, -0.25) is 0 Å². The van der Waals surface area contributed by atoms with Gasteiger partial charge in [-0.25, -0.2) is 8.42 Å². The first-order valence-corrected chi connectivity index (χ1v) is 8.39. The maximum atomic E-state index is 12.2. The average molecular weight is 412 g/mol. The first kappa shape index (κ1) is 26.5. The van der Waals surface area contributed by atoms with Crippen LogP contribution in [0.2, 0.25) is 0 Å². The van der Waals surface area contributed by atoms with Gasteiger partial charge in [0.25, 0.3) is 0 Å². The van der Waals surface area contributed by atoms with Gasteiger partial charge in [-0.2, -0.15) is 35.1 Å². The lowest BCUT2D eigenvalue weighted by Crippen LogP contribution is -2.60. The molecule has 0 unspecified atom stereocenters. The first-order valence-electron chi connectivity index (χ1n) is 6.98. The molecule has 0 saturated carbocycles. The highest BCUT2D eigenvalue weighted by Crippen LogP contribution is 2.43. The summed E-state index contributed by atoms with van der Waals surface area (Å²) in [5.74, 6) is 0. The second-order valence-corrected chi connectivity index (χ2v) is 6.22. The van der Waals surface area contributed by atoms with E-state index < -0.39 is 33.0 Å². The Morgan fingerprint density at radius 1 is 0.760 bits per heavy atom. The van der Waals surface area contributed by atoms with Gasteiger partial charge in [0.05, 0.1) is 26.2 Å². The third-order valence-corrected chi connectivity index (χ3v) is 4.54. The molecule has 0 aliphatic rings. The van der Waals surface area contributed by atoms with E-state index in [1.54, 1.807) is 0 Å². The Balaban J connectivity index is 0. The van der Waals surface area contributed by atoms with Crippen LogP contribution >= 0.6 is 0 Å². The van der Waals surface area contributed by atoms with Gasteiger partial charge in [-0.15, -0.1) is 0 Å². The molecule has 0 bridgehead atoms. The highest BCUT2D eigenvalue weighted by Gasteiger charge is 2.68. The molecule has 0 aliphatic heterocycles. The van der Waals surface area contributed by atoms with E-state index in [9.17, 15) is 48.1 Å². The number of quaternary nitrogens is 1. The molecule has 0 heterocycles. The summed E-state index contributed by atoms with van der Waals surface area (Å²) in [6, 6.07) is 0. The van der Waals surface area contributed by atoms with E-state index in [-0.39, 0.29) is 0 Å². The fourth-order valence-electron chi connectivity index (χ4n) is 1.89. The second kappa shape index (κ2) is 8.77. The van der Waals surface area contributed by atoms with E-state index in [4.69, 9.17) is 0 Å². The summed E-state index contributed by atoms with van der Waals surface area (Å²) >= 11 is 0. The van der Waals surface area contributed by atoms with Crippen LogP contribution in [0, 0.1) is 0 Å². The van der Waals surface area contributed by atoms with E-state index in [1.807, 2.05) is 0 Å². The predicted molar refractivity (Wildman–Crippen MR) is 71.0 cm³/mol. The molecule has 0 radical (unpaired) electrons. The normalized spacial score (nSPS) is 14.3. The number of halogens is 8. The van der Waals surface area contributed by atoms with Crippen molar-refractivity contribution in [1.29, 1.82) is 0 Å². The second-order valence-electron chi connectivity index (χ2n) is 4.82. The Kier molecular flexibility index (Phi) is 9.30. The van der Waals surface area contributed by atoms with E-state index in [0.29, 0.717) is 0 Å². The van der Waals surface area contributed by atoms with Gasteiger partial charge in [-0.1, -0.05) is 0 Å². The van der Waals surface area contributed by atoms with Gasteiger partial charge in [0.2, 0.25) is 0 Å². The highest BCUT2D eigenvalue weighted by atomic mass is 32.2. The summed E-state index contributed by atoms with van der Waals surface area (Å²) in [6.07, 6.45) is -13.6. The van der Waals surface area contributed by atoms with Gasteiger partial charge < -0.3 is 9.04 Å². The minimum Gasteiger partial charge on any atom is -0.742 e. The Hall–Kier alpha value is -0.730. The molecule has 14 heteroatoms. The van der Waals surface area contributed by atoms with Gasteiger partial charge in [0, 0.05) is 0 Å². The van der Waals surface area contributed by atoms with Crippen LogP contribution in [0.5, 0.6) is 0 Å². The summed E-state index contributed by atoms with van der Waals surface area (Å²) in [5, 5.41) is -6.68. The molecule has 0 fully saturated rings. The molecule has 0 atom stereocenters. The van der Waals surface area contributed by atoms with Crippen molar-refractivity contribution in [3.63, 3.8) is 0 Å². The van der Waals surface area contributed by atoms with Crippen LogP contribution in [0.4, 0.5) is 35.1 Å². The number of rotatable bonds is 6. The molecule has 0 aromatic carbocycles. The van der Waals surface area contributed by atoms with Crippen molar-refractivity contribution in [3.05, 3.63) is 0 Å². The lowest BCUT2D eigenvalue weighted by molar-refractivity contribution is -0.921. The number of hydrogen-bond donors (Lipinski definition) is 0. The van der Waals surface area contributed by atoms with Crippen LogP contribution in [-0.4, -0.2) is 66.5 Å². The lowest BCUT2D eigenvalue weighted by Gasteiger charge is -2.34. The van der Waals surface area contributed by atoms with Crippen molar-refractivity contribution < 1.29 is 52.6 Å². The standard InChI is InChI=1S/C8H20N.C3HF8NO3S/c1-5-9(6-2,7-3)8-4;4-1(5,6)12(2(7,8)9)3(10,11)16(13,14)15/h5-8H2,1-4H3;(H,13,14,15)/q+1;/p-1. The van der Waals surface area contributed by atoms with Crippen LogP contribution in [0.1, 0.15) is 27.7 Å². The molecule has 0 aromatic rings. The quantitative estimate of drug-likeness (QED) is 0.291. The Morgan fingerprint density at radius 3 is 1.04 bits per heavy atom. The fourth-order valence-corrected chi connectivity index (χ4v) is 2.32. The van der Waals surface area contributed by atoms with E-state index in [0.717, 1.165) is 0 Å². The van der Waals surface area contributed by atoms with Crippen molar-refractivity contribution in [2.24, 2.45) is 0 Å². The summed E-state index contributed by atoms with van der Waals surface area (Å²) in [5.41, 5.74) is 0. The van der Waals surface area contributed by atoms with Crippen molar-refractivity contribution in [2.45, 2.75) is 45.7 Å². The van der Waals surface area contributed by atoms with Crippen LogP contribution in [0.25, 0.3) is 0 Å². The molecule has 25 heavy (non-hydrogen) atoms. The van der Waals surface area contributed by atoms with Crippen LogP contribution < -0.4 is 0 Å². The average Bonchev–Trinajstić information content (AvgIpc) is 2.37. The van der Waals surface area contributed by atoms with Crippen molar-refractivity contribution >= 4 is 10.1 Å². The topological polar surface area (TPSA) is 60.4 Å². The minimum absolute atomic E-state index is 1.28. The Bertz CT molecular complexity index is 469. The third-order valence-electron chi connectivity index (χ3n) is 3.75. The number of hydrogen-bond acceptors (Lipinski definition) is 4. The van der Waals surface area contributed by atoms with E-state index in [1.165, 1.54) is 30.7 Å². The molecule has 154 valence electrons. The Morgan fingerprint density at radius 2 is 1.00 bits per heavy atom. The van der Waals surface area contributed by atoms with Crippen LogP contribution in [0.15, 0.2) is 0 Å². The monoisotopic (exact) mass is 412 g/mol. The highest BCUT2D eigenvalue weighted by molar-refractivity contribution is 7.86. The summed E-state index contributed by atoms with van der Waals surface area (Å²) in [4.78, 5) is -3.59. The zero-order chi connectivity index (χ0) is 20.9. The first-order chi connectivity index (χ1) is 10.9. The number of alkyl halides is 8. The van der Waals surface area contributed by atoms with Crippen LogP contribution in [-0.2, 0) is 10.1 Å². The van der Waals surface area contributed by atoms with Gasteiger partial charge >= 0.3 is 18.0 Å². The zero-order valence-electron chi connectivity index (χ0n) is 13.9. The smallest absolute Gasteiger partial charge is 0.472 e. The van der Waals surface area contributed by atoms with Crippen LogP contribution in [0.3, 0.4) is 0 Å².